The summed E-state index contributed by atoms with van der Waals surface area (Å²) in [5.41, 5.74) is 0. The van der Waals surface area contributed by atoms with Gasteiger partial charge in [-0.05, 0) is 38.3 Å². The van der Waals surface area contributed by atoms with Crippen LogP contribution >= 0.6 is 0 Å². The van der Waals surface area contributed by atoms with E-state index in [9.17, 15) is 4.79 Å². The lowest BCUT2D eigenvalue weighted by Crippen LogP contribution is -2.31. The van der Waals surface area contributed by atoms with Crippen LogP contribution in [0.15, 0.2) is 0 Å². The third-order valence-electron chi connectivity index (χ3n) is 2.74. The summed E-state index contributed by atoms with van der Waals surface area (Å²) < 4.78 is 0. The second-order valence-electron chi connectivity index (χ2n) is 4.01. The number of carbonyl (C=O) groups is 1. The molecule has 0 aromatic carbocycles. The minimum atomic E-state index is 0.0795. The molecule has 4 heteroatoms. The maximum absolute atomic E-state index is 11.3. The Balaban J connectivity index is 2.03. The van der Waals surface area contributed by atoms with E-state index >= 15 is 0 Å². The minimum Gasteiger partial charge on any atom is -0.355 e. The van der Waals surface area contributed by atoms with Gasteiger partial charge in [-0.15, -0.1) is 0 Å². The van der Waals surface area contributed by atoms with Gasteiger partial charge in [-0.2, -0.15) is 5.26 Å². The van der Waals surface area contributed by atoms with E-state index in [-0.39, 0.29) is 5.91 Å². The smallest absolute Gasteiger partial charge is 0.220 e. The van der Waals surface area contributed by atoms with E-state index in [0.717, 1.165) is 19.5 Å². The summed E-state index contributed by atoms with van der Waals surface area (Å²) in [6.45, 7) is 2.65. The molecular formula is C11H19N3O. The largest absolute Gasteiger partial charge is 0.355 e. The Labute approximate surface area is 91.0 Å². The summed E-state index contributed by atoms with van der Waals surface area (Å²) in [7, 11) is 0. The van der Waals surface area contributed by atoms with Crippen LogP contribution in [0.25, 0.3) is 0 Å². The van der Waals surface area contributed by atoms with Crippen LogP contribution in [0.2, 0.25) is 0 Å². The molecule has 0 aromatic heterocycles. The fourth-order valence-corrected chi connectivity index (χ4v) is 1.85. The molecule has 1 atom stereocenters. The molecular weight excluding hydrogens is 190 g/mol. The first-order valence-electron chi connectivity index (χ1n) is 5.67. The summed E-state index contributed by atoms with van der Waals surface area (Å²) in [5.74, 6) is 0.733. The summed E-state index contributed by atoms with van der Waals surface area (Å²) in [6, 6.07) is 2.00. The van der Waals surface area contributed by atoms with Crippen LogP contribution < -0.4 is 10.6 Å². The number of amides is 1. The quantitative estimate of drug-likeness (QED) is 0.658. The topological polar surface area (TPSA) is 64.9 Å². The molecule has 0 aliphatic carbocycles. The molecule has 1 aliphatic rings. The van der Waals surface area contributed by atoms with Crippen molar-refractivity contribution in [2.24, 2.45) is 5.92 Å². The van der Waals surface area contributed by atoms with Crippen LogP contribution in [0.4, 0.5) is 0 Å². The van der Waals surface area contributed by atoms with Gasteiger partial charge in [0.2, 0.25) is 5.91 Å². The molecule has 4 nitrogen and oxygen atoms in total. The summed E-state index contributed by atoms with van der Waals surface area (Å²) in [5, 5.41) is 14.4. The van der Waals surface area contributed by atoms with Crippen molar-refractivity contribution in [1.29, 1.82) is 5.26 Å². The summed E-state index contributed by atoms with van der Waals surface area (Å²) >= 11 is 0. The van der Waals surface area contributed by atoms with E-state index in [1.165, 1.54) is 12.8 Å². The Morgan fingerprint density at radius 1 is 1.60 bits per heavy atom. The predicted molar refractivity (Wildman–Crippen MR) is 58.1 cm³/mol. The molecule has 0 bridgehead atoms. The first-order valence-corrected chi connectivity index (χ1v) is 5.67. The van der Waals surface area contributed by atoms with Gasteiger partial charge in [-0.25, -0.2) is 0 Å². The van der Waals surface area contributed by atoms with Crippen molar-refractivity contribution in [3.8, 4) is 6.07 Å². The fourth-order valence-electron chi connectivity index (χ4n) is 1.85. The monoisotopic (exact) mass is 209 g/mol. The van der Waals surface area contributed by atoms with Crippen molar-refractivity contribution >= 4 is 5.91 Å². The van der Waals surface area contributed by atoms with Gasteiger partial charge in [0.25, 0.3) is 0 Å². The van der Waals surface area contributed by atoms with Crippen LogP contribution in [-0.4, -0.2) is 25.5 Å². The molecule has 0 saturated carbocycles. The lowest BCUT2D eigenvalue weighted by Gasteiger charge is -2.22. The molecule has 0 spiro atoms. The van der Waals surface area contributed by atoms with Crippen molar-refractivity contribution in [1.82, 2.24) is 10.6 Å². The molecule has 1 rings (SSSR count). The van der Waals surface area contributed by atoms with Crippen molar-refractivity contribution in [3.63, 3.8) is 0 Å². The maximum atomic E-state index is 11.3. The number of carbonyl (C=O) groups excluding carboxylic acids is 1. The van der Waals surface area contributed by atoms with Crippen LogP contribution in [-0.2, 0) is 4.79 Å². The average Bonchev–Trinajstić information content (AvgIpc) is 2.28. The van der Waals surface area contributed by atoms with Gasteiger partial charge >= 0.3 is 0 Å². The predicted octanol–water partition coefficient (Wildman–Crippen LogP) is 0.796. The van der Waals surface area contributed by atoms with E-state index in [4.69, 9.17) is 5.26 Å². The Kier molecular flexibility index (Phi) is 5.79. The van der Waals surface area contributed by atoms with Crippen molar-refractivity contribution in [3.05, 3.63) is 0 Å². The van der Waals surface area contributed by atoms with Crippen molar-refractivity contribution in [2.75, 3.05) is 19.6 Å². The molecule has 84 valence electrons. The van der Waals surface area contributed by atoms with Gasteiger partial charge in [0.1, 0.15) is 0 Å². The fraction of sp³-hybridized carbons (Fsp3) is 0.818. The Morgan fingerprint density at radius 2 is 2.47 bits per heavy atom. The van der Waals surface area contributed by atoms with Gasteiger partial charge in [0, 0.05) is 13.0 Å². The zero-order valence-corrected chi connectivity index (χ0v) is 9.09. The van der Waals surface area contributed by atoms with Crippen molar-refractivity contribution < 1.29 is 4.79 Å². The van der Waals surface area contributed by atoms with E-state index < -0.39 is 0 Å². The van der Waals surface area contributed by atoms with E-state index in [1.54, 1.807) is 0 Å². The second kappa shape index (κ2) is 7.24. The molecule has 1 heterocycles. The number of nitrogens with one attached hydrogen (secondary N) is 2. The minimum absolute atomic E-state index is 0.0795. The number of hydrogen-bond donors (Lipinski definition) is 2. The standard InChI is InChI=1S/C11H19N3O/c12-6-2-8-14-11(15)5-4-10-3-1-7-13-9-10/h10,13H,1-5,7-9H2,(H,14,15). The molecule has 15 heavy (non-hydrogen) atoms. The van der Waals surface area contributed by atoms with E-state index in [2.05, 4.69) is 10.6 Å². The third-order valence-corrected chi connectivity index (χ3v) is 2.74. The lowest BCUT2D eigenvalue weighted by molar-refractivity contribution is -0.121. The van der Waals surface area contributed by atoms with E-state index in [0.29, 0.717) is 25.3 Å². The molecule has 1 amide bonds. The molecule has 2 N–H and O–H groups in total. The summed E-state index contributed by atoms with van der Waals surface area (Å²) in [4.78, 5) is 11.3. The van der Waals surface area contributed by atoms with Crippen LogP contribution in [0.1, 0.15) is 32.1 Å². The SMILES string of the molecule is N#CCCNC(=O)CCC1CCCNC1. The van der Waals surface area contributed by atoms with E-state index in [1.807, 2.05) is 6.07 Å². The highest BCUT2D eigenvalue weighted by molar-refractivity contribution is 5.75. The maximum Gasteiger partial charge on any atom is 0.220 e. The van der Waals surface area contributed by atoms with Crippen molar-refractivity contribution in [2.45, 2.75) is 32.1 Å². The highest BCUT2D eigenvalue weighted by Gasteiger charge is 2.13. The zero-order valence-electron chi connectivity index (χ0n) is 9.09. The summed E-state index contributed by atoms with van der Waals surface area (Å²) in [6.07, 6.45) is 4.42. The second-order valence-corrected chi connectivity index (χ2v) is 4.01. The van der Waals surface area contributed by atoms with Crippen LogP contribution in [0, 0.1) is 17.2 Å². The average molecular weight is 209 g/mol. The lowest BCUT2D eigenvalue weighted by atomic mass is 9.94. The van der Waals surface area contributed by atoms with Gasteiger partial charge in [0.05, 0.1) is 12.5 Å². The van der Waals surface area contributed by atoms with Gasteiger partial charge < -0.3 is 10.6 Å². The molecule has 1 unspecified atom stereocenters. The molecule has 1 aliphatic heterocycles. The highest BCUT2D eigenvalue weighted by atomic mass is 16.1. The number of rotatable bonds is 5. The highest BCUT2D eigenvalue weighted by Crippen LogP contribution is 2.15. The Bertz CT molecular complexity index is 228. The molecule has 1 saturated heterocycles. The number of nitrogens with zero attached hydrogens (tertiary/aromatic N) is 1. The van der Waals surface area contributed by atoms with Gasteiger partial charge in [0.15, 0.2) is 0 Å². The van der Waals surface area contributed by atoms with Gasteiger partial charge in [-0.1, -0.05) is 0 Å². The number of hydrogen-bond acceptors (Lipinski definition) is 3. The van der Waals surface area contributed by atoms with Crippen LogP contribution in [0.3, 0.4) is 0 Å². The molecule has 0 aromatic rings. The van der Waals surface area contributed by atoms with Gasteiger partial charge in [-0.3, -0.25) is 4.79 Å². The first-order chi connectivity index (χ1) is 7.33. The number of nitriles is 1. The third kappa shape index (κ3) is 5.38. The van der Waals surface area contributed by atoms with Crippen LogP contribution in [0.5, 0.6) is 0 Å². The molecule has 0 radical (unpaired) electrons. The zero-order chi connectivity index (χ0) is 10.9. The first kappa shape index (κ1) is 12.0. The Hall–Kier alpha value is -1.08. The Morgan fingerprint density at radius 3 is 3.13 bits per heavy atom. The number of piperidine rings is 1. The normalized spacial score (nSPS) is 20.6. The molecule has 1 fully saturated rings.